The SMILES string of the molecule is CCOc1ccc2[nH]c(C(C)=O)c(C)c2c1. The molecule has 0 radical (unpaired) electrons. The number of aryl methyl sites for hydroxylation is 1. The van der Waals surface area contributed by atoms with E-state index in [-0.39, 0.29) is 5.78 Å². The summed E-state index contributed by atoms with van der Waals surface area (Å²) in [6.45, 7) is 6.12. The molecular weight excluding hydrogens is 202 g/mol. The first-order chi connectivity index (χ1) is 7.63. The predicted molar refractivity (Wildman–Crippen MR) is 64.2 cm³/mol. The monoisotopic (exact) mass is 217 g/mol. The van der Waals surface area contributed by atoms with Gasteiger partial charge in [-0.15, -0.1) is 0 Å². The average molecular weight is 217 g/mol. The quantitative estimate of drug-likeness (QED) is 0.803. The number of ketones is 1. The molecule has 0 aliphatic heterocycles. The third kappa shape index (κ3) is 1.69. The van der Waals surface area contributed by atoms with Crippen LogP contribution in [0.3, 0.4) is 0 Å². The summed E-state index contributed by atoms with van der Waals surface area (Å²) in [5.41, 5.74) is 2.65. The number of aromatic amines is 1. The Hall–Kier alpha value is -1.77. The highest BCUT2D eigenvalue weighted by Crippen LogP contribution is 2.26. The Kier molecular flexibility index (Phi) is 2.69. The minimum absolute atomic E-state index is 0.0617. The van der Waals surface area contributed by atoms with Gasteiger partial charge in [0.05, 0.1) is 12.3 Å². The molecule has 2 aromatic rings. The summed E-state index contributed by atoms with van der Waals surface area (Å²) in [4.78, 5) is 14.5. The molecule has 0 bridgehead atoms. The predicted octanol–water partition coefficient (Wildman–Crippen LogP) is 3.08. The van der Waals surface area contributed by atoms with Crippen LogP contribution in [0.4, 0.5) is 0 Å². The Labute approximate surface area is 94.4 Å². The zero-order chi connectivity index (χ0) is 11.7. The topological polar surface area (TPSA) is 42.1 Å². The fourth-order valence-corrected chi connectivity index (χ4v) is 1.91. The van der Waals surface area contributed by atoms with Crippen LogP contribution in [0, 0.1) is 6.92 Å². The molecule has 0 fully saturated rings. The number of carbonyl (C=O) groups excluding carboxylic acids is 1. The van der Waals surface area contributed by atoms with E-state index in [9.17, 15) is 4.79 Å². The molecule has 3 heteroatoms. The van der Waals surface area contributed by atoms with Crippen LogP contribution in [-0.4, -0.2) is 17.4 Å². The molecule has 0 atom stereocenters. The summed E-state index contributed by atoms with van der Waals surface area (Å²) in [6, 6.07) is 5.82. The van der Waals surface area contributed by atoms with Gasteiger partial charge in [0.1, 0.15) is 5.75 Å². The van der Waals surface area contributed by atoms with Crippen molar-refractivity contribution in [2.45, 2.75) is 20.8 Å². The maximum atomic E-state index is 11.4. The summed E-state index contributed by atoms with van der Waals surface area (Å²) in [7, 11) is 0. The molecule has 2 rings (SSSR count). The van der Waals surface area contributed by atoms with Crippen LogP contribution >= 0.6 is 0 Å². The van der Waals surface area contributed by atoms with E-state index in [0.717, 1.165) is 22.2 Å². The van der Waals surface area contributed by atoms with Crippen molar-refractivity contribution in [3.8, 4) is 5.75 Å². The smallest absolute Gasteiger partial charge is 0.176 e. The van der Waals surface area contributed by atoms with Gasteiger partial charge in [-0.3, -0.25) is 4.79 Å². The van der Waals surface area contributed by atoms with Crippen molar-refractivity contribution in [3.63, 3.8) is 0 Å². The third-order valence-corrected chi connectivity index (χ3v) is 2.69. The largest absolute Gasteiger partial charge is 0.494 e. The number of hydrogen-bond acceptors (Lipinski definition) is 2. The van der Waals surface area contributed by atoms with Crippen molar-refractivity contribution in [3.05, 3.63) is 29.5 Å². The van der Waals surface area contributed by atoms with E-state index in [1.54, 1.807) is 6.92 Å². The van der Waals surface area contributed by atoms with Gasteiger partial charge in [-0.05, 0) is 37.6 Å². The fraction of sp³-hybridized carbons (Fsp3) is 0.308. The minimum Gasteiger partial charge on any atom is -0.494 e. The van der Waals surface area contributed by atoms with Crippen molar-refractivity contribution in [2.75, 3.05) is 6.61 Å². The van der Waals surface area contributed by atoms with Gasteiger partial charge in [0.25, 0.3) is 0 Å². The molecule has 1 N–H and O–H groups in total. The van der Waals surface area contributed by atoms with E-state index in [2.05, 4.69) is 4.98 Å². The molecular formula is C13H15NO2. The number of rotatable bonds is 3. The molecule has 3 nitrogen and oxygen atoms in total. The standard InChI is InChI=1S/C13H15NO2/c1-4-16-10-5-6-12-11(7-10)8(2)13(14-12)9(3)15/h5-7,14H,4H2,1-3H3. The maximum absolute atomic E-state index is 11.4. The number of fused-ring (bicyclic) bond motifs is 1. The summed E-state index contributed by atoms with van der Waals surface area (Å²) < 4.78 is 5.44. The lowest BCUT2D eigenvalue weighted by Gasteiger charge is -2.02. The third-order valence-electron chi connectivity index (χ3n) is 2.69. The molecule has 0 unspecified atom stereocenters. The molecule has 0 spiro atoms. The number of benzene rings is 1. The Balaban J connectivity index is 2.59. The first-order valence-corrected chi connectivity index (χ1v) is 5.39. The van der Waals surface area contributed by atoms with Crippen molar-refractivity contribution < 1.29 is 9.53 Å². The number of Topliss-reactive ketones (excluding diaryl/α,β-unsaturated/α-hetero) is 1. The van der Waals surface area contributed by atoms with E-state index in [1.165, 1.54) is 0 Å². The Bertz CT molecular complexity index is 540. The average Bonchev–Trinajstić information content (AvgIpc) is 2.57. The minimum atomic E-state index is 0.0617. The van der Waals surface area contributed by atoms with Crippen LogP contribution in [0.15, 0.2) is 18.2 Å². The molecule has 1 aromatic heterocycles. The second-order valence-electron chi connectivity index (χ2n) is 3.82. The highest BCUT2D eigenvalue weighted by Gasteiger charge is 2.11. The Morgan fingerprint density at radius 1 is 1.44 bits per heavy atom. The molecule has 0 amide bonds. The van der Waals surface area contributed by atoms with Gasteiger partial charge >= 0.3 is 0 Å². The molecule has 16 heavy (non-hydrogen) atoms. The van der Waals surface area contributed by atoms with E-state index < -0.39 is 0 Å². The van der Waals surface area contributed by atoms with Gasteiger partial charge in [0, 0.05) is 17.8 Å². The lowest BCUT2D eigenvalue weighted by Crippen LogP contribution is -1.93. The zero-order valence-electron chi connectivity index (χ0n) is 9.76. The van der Waals surface area contributed by atoms with Gasteiger partial charge in [0.15, 0.2) is 5.78 Å². The van der Waals surface area contributed by atoms with E-state index >= 15 is 0 Å². The highest BCUT2D eigenvalue weighted by molar-refractivity contribution is 6.01. The van der Waals surface area contributed by atoms with Crippen LogP contribution in [0.25, 0.3) is 10.9 Å². The van der Waals surface area contributed by atoms with Crippen molar-refractivity contribution in [1.29, 1.82) is 0 Å². The number of H-pyrrole nitrogens is 1. The second kappa shape index (κ2) is 4.00. The molecule has 0 aliphatic carbocycles. The second-order valence-corrected chi connectivity index (χ2v) is 3.82. The molecule has 84 valence electrons. The lowest BCUT2D eigenvalue weighted by atomic mass is 10.1. The first kappa shape index (κ1) is 10.7. The number of hydrogen-bond donors (Lipinski definition) is 1. The van der Waals surface area contributed by atoms with Crippen LogP contribution in [0.2, 0.25) is 0 Å². The molecule has 0 saturated heterocycles. The van der Waals surface area contributed by atoms with E-state index in [1.807, 2.05) is 32.0 Å². The van der Waals surface area contributed by atoms with E-state index in [0.29, 0.717) is 12.3 Å². The van der Waals surface area contributed by atoms with Crippen LogP contribution in [0.5, 0.6) is 5.75 Å². The molecule has 0 aliphatic rings. The van der Waals surface area contributed by atoms with Crippen molar-refractivity contribution in [2.24, 2.45) is 0 Å². The van der Waals surface area contributed by atoms with Gasteiger partial charge in [-0.25, -0.2) is 0 Å². The summed E-state index contributed by atoms with van der Waals surface area (Å²) >= 11 is 0. The maximum Gasteiger partial charge on any atom is 0.176 e. The Morgan fingerprint density at radius 3 is 2.81 bits per heavy atom. The molecule has 1 heterocycles. The van der Waals surface area contributed by atoms with Crippen molar-refractivity contribution in [1.82, 2.24) is 4.98 Å². The number of carbonyl (C=O) groups is 1. The summed E-state index contributed by atoms with van der Waals surface area (Å²) in [6.07, 6.45) is 0. The fourth-order valence-electron chi connectivity index (χ4n) is 1.91. The van der Waals surface area contributed by atoms with E-state index in [4.69, 9.17) is 4.74 Å². The zero-order valence-corrected chi connectivity index (χ0v) is 9.76. The van der Waals surface area contributed by atoms with Crippen LogP contribution < -0.4 is 4.74 Å². The highest BCUT2D eigenvalue weighted by atomic mass is 16.5. The number of aromatic nitrogens is 1. The van der Waals surface area contributed by atoms with Gasteiger partial charge < -0.3 is 9.72 Å². The van der Waals surface area contributed by atoms with Crippen LogP contribution in [-0.2, 0) is 0 Å². The first-order valence-electron chi connectivity index (χ1n) is 5.39. The van der Waals surface area contributed by atoms with Gasteiger partial charge in [-0.1, -0.05) is 0 Å². The molecule has 0 saturated carbocycles. The van der Waals surface area contributed by atoms with Crippen molar-refractivity contribution >= 4 is 16.7 Å². The normalized spacial score (nSPS) is 10.7. The van der Waals surface area contributed by atoms with Gasteiger partial charge in [0.2, 0.25) is 0 Å². The molecule has 1 aromatic carbocycles. The number of nitrogens with one attached hydrogen (secondary N) is 1. The van der Waals surface area contributed by atoms with Gasteiger partial charge in [-0.2, -0.15) is 0 Å². The summed E-state index contributed by atoms with van der Waals surface area (Å²) in [5.74, 6) is 0.902. The van der Waals surface area contributed by atoms with Crippen LogP contribution in [0.1, 0.15) is 29.9 Å². The summed E-state index contributed by atoms with van der Waals surface area (Å²) in [5, 5.41) is 1.05. The Morgan fingerprint density at radius 2 is 2.19 bits per heavy atom. The lowest BCUT2D eigenvalue weighted by molar-refractivity contribution is 0.101. The number of ether oxygens (including phenoxy) is 1.